The fraction of sp³-hybridized carbons (Fsp3) is 0.125. The molecule has 0 amide bonds. The van der Waals surface area contributed by atoms with Crippen molar-refractivity contribution in [1.29, 1.82) is 0 Å². The number of nitrogens with zero attached hydrogens (tertiary/aromatic N) is 2. The Labute approximate surface area is 84.9 Å². The lowest BCUT2D eigenvalue weighted by atomic mass is 10.3. The van der Waals surface area contributed by atoms with Gasteiger partial charge in [-0.15, -0.1) is 0 Å². The molecule has 15 heavy (non-hydrogen) atoms. The summed E-state index contributed by atoms with van der Waals surface area (Å²) < 4.78 is 5.06. The van der Waals surface area contributed by atoms with Crippen LogP contribution in [0, 0.1) is 10.1 Å². The highest BCUT2D eigenvalue weighted by Gasteiger charge is 2.04. The second-order valence-corrected chi connectivity index (χ2v) is 2.63. The van der Waals surface area contributed by atoms with E-state index in [9.17, 15) is 10.1 Å². The van der Waals surface area contributed by atoms with Crippen LogP contribution in [0.5, 0.6) is 5.75 Å². The monoisotopic (exact) mass is 211 g/mol. The molecule has 0 spiro atoms. The number of nitro benzene ring substituents is 1. The summed E-state index contributed by atoms with van der Waals surface area (Å²) in [4.78, 5) is 9.81. The summed E-state index contributed by atoms with van der Waals surface area (Å²) in [5.41, 5.74) is 5.14. The van der Waals surface area contributed by atoms with Gasteiger partial charge in [0.1, 0.15) is 12.4 Å². The summed E-state index contributed by atoms with van der Waals surface area (Å²) in [5, 5.41) is 21.3. The summed E-state index contributed by atoms with van der Waals surface area (Å²) in [6.07, 6.45) is 0. The van der Waals surface area contributed by atoms with Crippen molar-refractivity contribution >= 4 is 11.5 Å². The van der Waals surface area contributed by atoms with Gasteiger partial charge in [-0.1, -0.05) is 5.16 Å². The number of amidine groups is 1. The molecule has 7 heteroatoms. The van der Waals surface area contributed by atoms with Gasteiger partial charge in [-0.25, -0.2) is 0 Å². The average molecular weight is 211 g/mol. The fourth-order valence-corrected chi connectivity index (χ4v) is 0.850. The van der Waals surface area contributed by atoms with E-state index in [1.54, 1.807) is 0 Å². The van der Waals surface area contributed by atoms with E-state index in [4.69, 9.17) is 15.7 Å². The first kappa shape index (κ1) is 10.8. The molecule has 0 bridgehead atoms. The molecule has 80 valence electrons. The van der Waals surface area contributed by atoms with Crippen molar-refractivity contribution < 1.29 is 14.9 Å². The summed E-state index contributed by atoms with van der Waals surface area (Å²) in [6, 6.07) is 5.48. The van der Waals surface area contributed by atoms with Gasteiger partial charge in [0, 0.05) is 12.1 Å². The molecule has 0 aromatic heterocycles. The molecule has 3 N–H and O–H groups in total. The van der Waals surface area contributed by atoms with Gasteiger partial charge in [0.2, 0.25) is 0 Å². The third-order valence-electron chi connectivity index (χ3n) is 1.56. The molecule has 0 aliphatic heterocycles. The van der Waals surface area contributed by atoms with E-state index in [1.165, 1.54) is 24.3 Å². The van der Waals surface area contributed by atoms with Crippen molar-refractivity contribution in [2.45, 2.75) is 0 Å². The molecule has 0 saturated carbocycles. The van der Waals surface area contributed by atoms with Crippen molar-refractivity contribution in [3.8, 4) is 5.75 Å². The summed E-state index contributed by atoms with van der Waals surface area (Å²) >= 11 is 0. The largest absolute Gasteiger partial charge is 0.486 e. The van der Waals surface area contributed by atoms with Crippen molar-refractivity contribution in [2.24, 2.45) is 10.9 Å². The predicted octanol–water partition coefficient (Wildman–Crippen LogP) is 0.720. The van der Waals surface area contributed by atoms with Crippen molar-refractivity contribution in [3.63, 3.8) is 0 Å². The Morgan fingerprint density at radius 1 is 1.53 bits per heavy atom. The van der Waals surface area contributed by atoms with E-state index in [0.717, 1.165) is 0 Å². The molecule has 1 aromatic rings. The van der Waals surface area contributed by atoms with Crippen LogP contribution in [0.4, 0.5) is 5.69 Å². The minimum absolute atomic E-state index is 0.0221. The van der Waals surface area contributed by atoms with E-state index >= 15 is 0 Å². The SMILES string of the molecule is NC(COc1ccc([N+](=O)[O-])cc1)=NO. The van der Waals surface area contributed by atoms with Gasteiger partial charge in [-0.2, -0.15) is 0 Å². The van der Waals surface area contributed by atoms with E-state index in [0.29, 0.717) is 5.75 Å². The lowest BCUT2D eigenvalue weighted by Gasteiger charge is -2.03. The van der Waals surface area contributed by atoms with Gasteiger partial charge in [-0.05, 0) is 12.1 Å². The first-order valence-electron chi connectivity index (χ1n) is 3.97. The Morgan fingerprint density at radius 2 is 2.13 bits per heavy atom. The van der Waals surface area contributed by atoms with Gasteiger partial charge in [0.25, 0.3) is 5.69 Å². The molecule has 0 unspecified atom stereocenters. The number of ether oxygens (including phenoxy) is 1. The molecule has 0 aliphatic rings. The fourth-order valence-electron chi connectivity index (χ4n) is 0.850. The molecule has 0 heterocycles. The molecule has 0 radical (unpaired) electrons. The van der Waals surface area contributed by atoms with Crippen LogP contribution in [-0.4, -0.2) is 22.6 Å². The zero-order chi connectivity index (χ0) is 11.3. The minimum Gasteiger partial charge on any atom is -0.486 e. The first-order valence-corrected chi connectivity index (χ1v) is 3.97. The maximum atomic E-state index is 10.3. The molecule has 7 nitrogen and oxygen atoms in total. The Kier molecular flexibility index (Phi) is 3.44. The van der Waals surface area contributed by atoms with Crippen LogP contribution in [0.1, 0.15) is 0 Å². The molecule has 1 rings (SSSR count). The Hall–Kier alpha value is -2.31. The lowest BCUT2D eigenvalue weighted by molar-refractivity contribution is -0.384. The molecule has 0 saturated heterocycles. The molecule has 0 aliphatic carbocycles. The van der Waals surface area contributed by atoms with Gasteiger partial charge in [-0.3, -0.25) is 10.1 Å². The molecular weight excluding hydrogens is 202 g/mol. The second kappa shape index (κ2) is 4.80. The third-order valence-corrected chi connectivity index (χ3v) is 1.56. The van der Waals surface area contributed by atoms with E-state index < -0.39 is 4.92 Å². The number of benzene rings is 1. The average Bonchev–Trinajstić information content (AvgIpc) is 2.26. The second-order valence-electron chi connectivity index (χ2n) is 2.63. The van der Waals surface area contributed by atoms with Gasteiger partial charge >= 0.3 is 0 Å². The standard InChI is InChI=1S/C8H9N3O4/c9-8(10-12)5-15-7-3-1-6(2-4-7)11(13)14/h1-4,12H,5H2,(H2,9,10). The van der Waals surface area contributed by atoms with Gasteiger partial charge in [0.15, 0.2) is 5.84 Å². The highest BCUT2D eigenvalue weighted by Crippen LogP contribution is 2.16. The Morgan fingerprint density at radius 3 is 2.60 bits per heavy atom. The van der Waals surface area contributed by atoms with Crippen LogP contribution < -0.4 is 10.5 Å². The van der Waals surface area contributed by atoms with Crippen molar-refractivity contribution in [3.05, 3.63) is 34.4 Å². The summed E-state index contributed by atoms with van der Waals surface area (Å²) in [7, 11) is 0. The van der Waals surface area contributed by atoms with Crippen LogP contribution in [-0.2, 0) is 0 Å². The van der Waals surface area contributed by atoms with Crippen LogP contribution >= 0.6 is 0 Å². The van der Waals surface area contributed by atoms with Crippen LogP contribution in [0.3, 0.4) is 0 Å². The van der Waals surface area contributed by atoms with E-state index in [1.807, 2.05) is 0 Å². The van der Waals surface area contributed by atoms with Crippen molar-refractivity contribution in [2.75, 3.05) is 6.61 Å². The smallest absolute Gasteiger partial charge is 0.269 e. The third kappa shape index (κ3) is 3.14. The summed E-state index contributed by atoms with van der Waals surface area (Å²) in [5.74, 6) is 0.334. The topological polar surface area (TPSA) is 111 Å². The number of hydrogen-bond donors (Lipinski definition) is 2. The highest BCUT2D eigenvalue weighted by molar-refractivity contribution is 5.81. The summed E-state index contributed by atoms with van der Waals surface area (Å²) in [6.45, 7) is -0.0751. The quantitative estimate of drug-likeness (QED) is 0.250. The maximum Gasteiger partial charge on any atom is 0.269 e. The van der Waals surface area contributed by atoms with E-state index in [-0.39, 0.29) is 18.1 Å². The first-order chi connectivity index (χ1) is 7.13. The molecule has 1 aromatic carbocycles. The number of non-ortho nitro benzene ring substituents is 1. The number of oxime groups is 1. The molecule has 0 atom stereocenters. The zero-order valence-electron chi connectivity index (χ0n) is 7.66. The van der Waals surface area contributed by atoms with Crippen LogP contribution in [0.25, 0.3) is 0 Å². The molecular formula is C8H9N3O4. The van der Waals surface area contributed by atoms with Crippen molar-refractivity contribution in [1.82, 2.24) is 0 Å². The van der Waals surface area contributed by atoms with E-state index in [2.05, 4.69) is 5.16 Å². The minimum atomic E-state index is -0.507. The van der Waals surface area contributed by atoms with Crippen LogP contribution in [0.15, 0.2) is 29.4 Å². The number of nitro groups is 1. The number of rotatable bonds is 4. The Balaban J connectivity index is 2.61. The predicted molar refractivity (Wildman–Crippen MR) is 52.0 cm³/mol. The normalized spacial score (nSPS) is 11.1. The number of hydrogen-bond acceptors (Lipinski definition) is 5. The van der Waals surface area contributed by atoms with Gasteiger partial charge in [0.05, 0.1) is 4.92 Å². The Bertz CT molecular complexity index is 374. The zero-order valence-corrected chi connectivity index (χ0v) is 7.66. The molecule has 0 fully saturated rings. The highest BCUT2D eigenvalue weighted by atomic mass is 16.6. The van der Waals surface area contributed by atoms with Crippen LogP contribution in [0.2, 0.25) is 0 Å². The number of nitrogens with two attached hydrogens (primary N) is 1. The maximum absolute atomic E-state index is 10.3. The van der Waals surface area contributed by atoms with Gasteiger partial charge < -0.3 is 15.7 Å². The lowest BCUT2D eigenvalue weighted by Crippen LogP contribution is -2.20.